The summed E-state index contributed by atoms with van der Waals surface area (Å²) in [6, 6.07) is 4.32. The maximum absolute atomic E-state index is 6.60. The fraction of sp³-hybridized carbons (Fsp3) is 0.600. The number of hydrogen-bond acceptors (Lipinski definition) is 2. The highest BCUT2D eigenvalue weighted by atomic mass is 16.5. The van der Waals surface area contributed by atoms with Gasteiger partial charge in [-0.3, -0.25) is 0 Å². The van der Waals surface area contributed by atoms with Crippen LogP contribution in [-0.2, 0) is 5.54 Å². The summed E-state index contributed by atoms with van der Waals surface area (Å²) in [6.07, 6.45) is 5.92. The van der Waals surface area contributed by atoms with Crippen LogP contribution in [0, 0.1) is 13.8 Å². The molecule has 0 saturated heterocycles. The lowest BCUT2D eigenvalue weighted by Crippen LogP contribution is -2.39. The number of nitrogens with two attached hydrogens (primary N) is 1. The van der Waals surface area contributed by atoms with Crippen LogP contribution >= 0.6 is 0 Å². The molecular weight excluding hydrogens is 210 g/mol. The first-order valence-electron chi connectivity index (χ1n) is 6.52. The lowest BCUT2D eigenvalue weighted by atomic mass is 9.76. The number of rotatable bonds is 2. The predicted octanol–water partition coefficient (Wildman–Crippen LogP) is 3.43. The highest BCUT2D eigenvalue weighted by molar-refractivity contribution is 5.48. The molecule has 0 spiro atoms. The lowest BCUT2D eigenvalue weighted by molar-refractivity contribution is 0.288. The van der Waals surface area contributed by atoms with Crippen molar-refractivity contribution in [3.8, 4) is 5.75 Å². The minimum atomic E-state index is -0.179. The molecular formula is C15H23NO. The van der Waals surface area contributed by atoms with E-state index in [2.05, 4.69) is 26.0 Å². The third-order valence-electron chi connectivity index (χ3n) is 4.16. The van der Waals surface area contributed by atoms with Gasteiger partial charge in [-0.2, -0.15) is 0 Å². The summed E-state index contributed by atoms with van der Waals surface area (Å²) < 4.78 is 5.60. The van der Waals surface area contributed by atoms with Crippen LogP contribution in [0.2, 0.25) is 0 Å². The van der Waals surface area contributed by atoms with Gasteiger partial charge in [-0.25, -0.2) is 0 Å². The van der Waals surface area contributed by atoms with Crippen LogP contribution in [0.3, 0.4) is 0 Å². The van der Waals surface area contributed by atoms with E-state index in [0.29, 0.717) is 0 Å². The first-order valence-corrected chi connectivity index (χ1v) is 6.52. The van der Waals surface area contributed by atoms with Gasteiger partial charge in [-0.1, -0.05) is 31.4 Å². The summed E-state index contributed by atoms with van der Waals surface area (Å²) in [4.78, 5) is 0. The highest BCUT2D eigenvalue weighted by Gasteiger charge is 2.32. The van der Waals surface area contributed by atoms with Crippen LogP contribution in [0.5, 0.6) is 5.75 Å². The maximum atomic E-state index is 6.60. The Morgan fingerprint density at radius 2 is 1.76 bits per heavy atom. The smallest absolute Gasteiger partial charge is 0.127 e. The van der Waals surface area contributed by atoms with E-state index in [0.717, 1.165) is 18.6 Å². The molecule has 1 aromatic carbocycles. The molecule has 1 fully saturated rings. The van der Waals surface area contributed by atoms with Gasteiger partial charge >= 0.3 is 0 Å². The van der Waals surface area contributed by atoms with Gasteiger partial charge < -0.3 is 10.5 Å². The molecule has 1 aromatic rings. The van der Waals surface area contributed by atoms with Crippen molar-refractivity contribution in [3.63, 3.8) is 0 Å². The summed E-state index contributed by atoms with van der Waals surface area (Å²) in [6.45, 7) is 4.23. The van der Waals surface area contributed by atoms with Crippen molar-refractivity contribution in [3.05, 3.63) is 28.8 Å². The number of ether oxygens (including phenoxy) is 1. The fourth-order valence-corrected chi connectivity index (χ4v) is 2.90. The molecule has 2 nitrogen and oxygen atoms in total. The Balaban J connectivity index is 2.47. The molecule has 2 N–H and O–H groups in total. The molecule has 0 amide bonds. The highest BCUT2D eigenvalue weighted by Crippen LogP contribution is 2.41. The molecule has 0 bridgehead atoms. The van der Waals surface area contributed by atoms with E-state index in [1.165, 1.54) is 36.0 Å². The summed E-state index contributed by atoms with van der Waals surface area (Å²) in [5, 5.41) is 0. The van der Waals surface area contributed by atoms with Crippen molar-refractivity contribution in [2.75, 3.05) is 7.11 Å². The standard InChI is InChI=1S/C15H23NO/c1-11-7-8-13(14(17-3)12(11)2)15(16)9-5-4-6-10-15/h7-8H,4-6,9-10,16H2,1-3H3. The van der Waals surface area contributed by atoms with Gasteiger partial charge in [0.1, 0.15) is 5.75 Å². The molecule has 2 heteroatoms. The second-order valence-corrected chi connectivity index (χ2v) is 5.31. The van der Waals surface area contributed by atoms with Gasteiger partial charge in [-0.05, 0) is 37.8 Å². The SMILES string of the molecule is COc1c(C2(N)CCCCC2)ccc(C)c1C. The van der Waals surface area contributed by atoms with Crippen molar-refractivity contribution in [1.82, 2.24) is 0 Å². The Morgan fingerprint density at radius 1 is 1.12 bits per heavy atom. The van der Waals surface area contributed by atoms with E-state index < -0.39 is 0 Å². The zero-order valence-electron chi connectivity index (χ0n) is 11.2. The summed E-state index contributed by atoms with van der Waals surface area (Å²) in [7, 11) is 1.75. The van der Waals surface area contributed by atoms with E-state index in [1.807, 2.05) is 0 Å². The minimum absolute atomic E-state index is 0.179. The molecule has 0 aliphatic heterocycles. The molecule has 1 aliphatic rings. The summed E-state index contributed by atoms with van der Waals surface area (Å²) in [5.74, 6) is 0.995. The Kier molecular flexibility index (Phi) is 3.43. The Labute approximate surface area is 104 Å². The molecule has 0 atom stereocenters. The van der Waals surface area contributed by atoms with Gasteiger partial charge in [0.05, 0.1) is 7.11 Å². The van der Waals surface area contributed by atoms with Gasteiger partial charge in [0.25, 0.3) is 0 Å². The minimum Gasteiger partial charge on any atom is -0.496 e. The van der Waals surface area contributed by atoms with Crippen LogP contribution in [-0.4, -0.2) is 7.11 Å². The monoisotopic (exact) mass is 233 g/mol. The van der Waals surface area contributed by atoms with Crippen molar-refractivity contribution >= 4 is 0 Å². The van der Waals surface area contributed by atoms with Crippen molar-refractivity contribution in [1.29, 1.82) is 0 Å². The number of aryl methyl sites for hydroxylation is 1. The van der Waals surface area contributed by atoms with Gasteiger partial charge in [-0.15, -0.1) is 0 Å². The Morgan fingerprint density at radius 3 is 2.35 bits per heavy atom. The van der Waals surface area contributed by atoms with E-state index in [4.69, 9.17) is 10.5 Å². The van der Waals surface area contributed by atoms with Crippen molar-refractivity contribution < 1.29 is 4.74 Å². The first kappa shape index (κ1) is 12.4. The first-order chi connectivity index (χ1) is 8.08. The zero-order chi connectivity index (χ0) is 12.5. The molecule has 94 valence electrons. The van der Waals surface area contributed by atoms with Crippen LogP contribution in [0.1, 0.15) is 48.8 Å². The Hall–Kier alpha value is -1.02. The average Bonchev–Trinajstić information content (AvgIpc) is 2.33. The van der Waals surface area contributed by atoms with Crippen LogP contribution in [0.25, 0.3) is 0 Å². The van der Waals surface area contributed by atoms with Crippen LogP contribution in [0.15, 0.2) is 12.1 Å². The van der Waals surface area contributed by atoms with Crippen molar-refractivity contribution in [2.45, 2.75) is 51.5 Å². The normalized spacial score (nSPS) is 19.1. The summed E-state index contributed by atoms with van der Waals surface area (Å²) in [5.41, 5.74) is 10.1. The number of benzene rings is 1. The van der Waals surface area contributed by atoms with E-state index in [1.54, 1.807) is 7.11 Å². The lowest BCUT2D eigenvalue weighted by Gasteiger charge is -2.35. The third-order valence-corrected chi connectivity index (χ3v) is 4.16. The molecule has 0 radical (unpaired) electrons. The average molecular weight is 233 g/mol. The van der Waals surface area contributed by atoms with E-state index >= 15 is 0 Å². The van der Waals surface area contributed by atoms with Crippen LogP contribution in [0.4, 0.5) is 0 Å². The molecule has 1 saturated carbocycles. The van der Waals surface area contributed by atoms with Crippen molar-refractivity contribution in [2.24, 2.45) is 5.73 Å². The Bertz CT molecular complexity index is 406. The maximum Gasteiger partial charge on any atom is 0.127 e. The second kappa shape index (κ2) is 4.69. The van der Waals surface area contributed by atoms with Gasteiger partial charge in [0, 0.05) is 11.1 Å². The summed E-state index contributed by atoms with van der Waals surface area (Å²) >= 11 is 0. The largest absolute Gasteiger partial charge is 0.496 e. The van der Waals surface area contributed by atoms with Gasteiger partial charge in [0.15, 0.2) is 0 Å². The topological polar surface area (TPSA) is 35.2 Å². The molecule has 1 aliphatic carbocycles. The molecule has 17 heavy (non-hydrogen) atoms. The molecule has 0 unspecified atom stereocenters. The molecule has 0 aromatic heterocycles. The zero-order valence-corrected chi connectivity index (χ0v) is 11.2. The fourth-order valence-electron chi connectivity index (χ4n) is 2.90. The third kappa shape index (κ3) is 2.19. The number of hydrogen-bond donors (Lipinski definition) is 1. The van der Waals surface area contributed by atoms with E-state index in [9.17, 15) is 0 Å². The molecule has 2 rings (SSSR count). The van der Waals surface area contributed by atoms with E-state index in [-0.39, 0.29) is 5.54 Å². The quantitative estimate of drug-likeness (QED) is 0.849. The predicted molar refractivity (Wildman–Crippen MR) is 71.4 cm³/mol. The van der Waals surface area contributed by atoms with Gasteiger partial charge in [0.2, 0.25) is 0 Å². The number of methoxy groups -OCH3 is 1. The molecule has 0 heterocycles. The van der Waals surface area contributed by atoms with Crippen LogP contribution < -0.4 is 10.5 Å². The second-order valence-electron chi connectivity index (χ2n) is 5.31.